The van der Waals surface area contributed by atoms with Gasteiger partial charge in [-0.3, -0.25) is 4.79 Å². The molecule has 3 N–H and O–H groups in total. The number of nitrogens with one attached hydrogen (secondary N) is 2. The Morgan fingerprint density at radius 3 is 2.36 bits per heavy atom. The molecule has 0 spiro atoms. The second-order valence-corrected chi connectivity index (χ2v) is 13.0. The number of H-pyrrole nitrogens is 1. The second-order valence-electron chi connectivity index (χ2n) is 12.2. The Hall–Kier alpha value is -4.07. The first-order chi connectivity index (χ1) is 22.7. The van der Waals surface area contributed by atoms with Gasteiger partial charge in [0.2, 0.25) is 5.91 Å². The monoisotopic (exact) mass is 673 g/mol. The number of nitrogens with zero attached hydrogens (tertiary/aromatic N) is 1. The maximum atomic E-state index is 13.7. The van der Waals surface area contributed by atoms with Crippen molar-refractivity contribution in [2.24, 2.45) is 11.8 Å². The molecule has 47 heavy (non-hydrogen) atoms. The van der Waals surface area contributed by atoms with E-state index >= 15 is 0 Å². The van der Waals surface area contributed by atoms with Crippen molar-refractivity contribution in [2.45, 2.75) is 71.4 Å². The molecule has 0 bridgehead atoms. The Morgan fingerprint density at radius 2 is 1.72 bits per heavy atom. The number of carbonyl (C=O) groups is 2. The van der Waals surface area contributed by atoms with Gasteiger partial charge in [-0.2, -0.15) is 0 Å². The van der Waals surface area contributed by atoms with Gasteiger partial charge in [-0.1, -0.05) is 73.0 Å². The van der Waals surface area contributed by atoms with E-state index in [-0.39, 0.29) is 17.4 Å². The predicted molar refractivity (Wildman–Crippen MR) is 187 cm³/mol. The number of imidazole rings is 1. The molecule has 3 aromatic carbocycles. The first kappa shape index (κ1) is 34.3. The van der Waals surface area contributed by atoms with E-state index in [1.165, 1.54) is 0 Å². The fourth-order valence-electron chi connectivity index (χ4n) is 6.09. The maximum absolute atomic E-state index is 13.7. The third-order valence-corrected chi connectivity index (χ3v) is 9.50. The van der Waals surface area contributed by atoms with Gasteiger partial charge in [0.25, 0.3) is 0 Å². The van der Waals surface area contributed by atoms with Crippen molar-refractivity contribution in [3.63, 3.8) is 0 Å². The van der Waals surface area contributed by atoms with Crippen LogP contribution in [-0.4, -0.2) is 27.0 Å². The summed E-state index contributed by atoms with van der Waals surface area (Å²) in [5.74, 6) is 1.16. The summed E-state index contributed by atoms with van der Waals surface area (Å²) in [4.78, 5) is 33.4. The first-order valence-corrected chi connectivity index (χ1v) is 17.0. The Morgan fingerprint density at radius 1 is 1.02 bits per heavy atom. The number of aromatic amines is 1. The maximum Gasteiger partial charge on any atom is 0.335 e. The van der Waals surface area contributed by atoms with Gasteiger partial charge in [-0.25, -0.2) is 9.78 Å². The number of rotatable bonds is 13. The quantitative estimate of drug-likeness (QED) is 0.123. The lowest BCUT2D eigenvalue weighted by Crippen LogP contribution is -2.37. The fraction of sp³-hybridized carbons (Fsp3) is 0.342. The van der Waals surface area contributed by atoms with Gasteiger partial charge in [0.05, 0.1) is 22.3 Å². The summed E-state index contributed by atoms with van der Waals surface area (Å²) in [6.07, 6.45) is 10.3. The van der Waals surface area contributed by atoms with E-state index in [1.807, 2.05) is 43.3 Å². The Kier molecular flexibility index (Phi) is 11.8. The smallest absolute Gasteiger partial charge is 0.335 e. The van der Waals surface area contributed by atoms with Gasteiger partial charge in [0, 0.05) is 28.6 Å². The van der Waals surface area contributed by atoms with Crippen molar-refractivity contribution in [1.82, 2.24) is 15.3 Å². The third kappa shape index (κ3) is 9.05. The number of ether oxygens (including phenoxy) is 1. The number of carboxylic acid groups (broad SMARTS) is 1. The number of allylic oxidation sites excluding steroid dienone is 2. The number of carboxylic acids is 1. The van der Waals surface area contributed by atoms with Crippen LogP contribution in [0.15, 0.2) is 78.9 Å². The van der Waals surface area contributed by atoms with Crippen LogP contribution in [0.1, 0.15) is 85.0 Å². The molecule has 1 aromatic heterocycles. The standard InChI is InChI=1S/C38H41Cl2N3O4/c1-3-5-6-33-35(31-20-17-29(39)22-32(31)40)43-36(41-33)34(42-37(44)27-13-7-24(4-2)8-14-27)21-25-11-18-30(19-12-25)47-23-26-9-15-28(16-10-26)38(45)46/h3,5,9-12,15-20,22,24,27,34H,4,6-8,13-14,21,23H2,1-2H3,(H,41,43)(H,42,44)(H,45,46)/b5-3-/t24-,27-,34-/m0/s1. The molecule has 1 aliphatic rings. The molecule has 0 radical (unpaired) electrons. The van der Waals surface area contributed by atoms with Crippen molar-refractivity contribution in [1.29, 1.82) is 0 Å². The molecule has 246 valence electrons. The molecule has 4 aromatic rings. The molecule has 0 saturated heterocycles. The van der Waals surface area contributed by atoms with Gasteiger partial charge >= 0.3 is 5.97 Å². The van der Waals surface area contributed by atoms with Gasteiger partial charge in [-0.05, 0) is 98.5 Å². The van der Waals surface area contributed by atoms with Crippen molar-refractivity contribution in [3.8, 4) is 17.0 Å². The van der Waals surface area contributed by atoms with E-state index in [4.69, 9.17) is 38.0 Å². The van der Waals surface area contributed by atoms with Crippen LogP contribution in [0.4, 0.5) is 0 Å². The van der Waals surface area contributed by atoms with Crippen LogP contribution in [0.3, 0.4) is 0 Å². The number of hydrogen-bond donors (Lipinski definition) is 3. The molecule has 9 heteroatoms. The molecule has 1 aliphatic carbocycles. The molecule has 1 fully saturated rings. The average Bonchev–Trinajstić information content (AvgIpc) is 3.50. The van der Waals surface area contributed by atoms with Crippen LogP contribution >= 0.6 is 23.2 Å². The summed E-state index contributed by atoms with van der Waals surface area (Å²) in [5, 5.41) is 13.5. The van der Waals surface area contributed by atoms with Crippen LogP contribution in [0.2, 0.25) is 10.0 Å². The highest BCUT2D eigenvalue weighted by atomic mass is 35.5. The minimum absolute atomic E-state index is 0.0109. The van der Waals surface area contributed by atoms with E-state index in [0.29, 0.717) is 47.0 Å². The van der Waals surface area contributed by atoms with E-state index in [9.17, 15) is 9.59 Å². The number of aromatic nitrogens is 2. The van der Waals surface area contributed by atoms with Gasteiger partial charge in [0.1, 0.15) is 18.2 Å². The summed E-state index contributed by atoms with van der Waals surface area (Å²) in [5.41, 5.74) is 4.55. The molecular formula is C38H41Cl2N3O4. The molecule has 1 saturated carbocycles. The first-order valence-electron chi connectivity index (χ1n) is 16.2. The largest absolute Gasteiger partial charge is 0.489 e. The Balaban J connectivity index is 1.38. The van der Waals surface area contributed by atoms with Crippen LogP contribution in [0, 0.1) is 11.8 Å². The van der Waals surface area contributed by atoms with E-state index in [2.05, 4.69) is 23.3 Å². The highest BCUT2D eigenvalue weighted by molar-refractivity contribution is 6.36. The van der Waals surface area contributed by atoms with Crippen molar-refractivity contribution >= 4 is 35.1 Å². The van der Waals surface area contributed by atoms with Crippen LogP contribution in [-0.2, 0) is 24.2 Å². The number of carbonyl (C=O) groups excluding carboxylic acids is 1. The van der Waals surface area contributed by atoms with E-state index in [1.54, 1.807) is 36.4 Å². The SMILES string of the molecule is C/C=C\Cc1[nH]c([C@H](Cc2ccc(OCc3ccc(C(=O)O)cc3)cc2)NC(=O)[C@H]2CC[C@H](CC)CC2)nc1-c1ccc(Cl)cc1Cl. The van der Waals surface area contributed by atoms with E-state index < -0.39 is 12.0 Å². The van der Waals surface area contributed by atoms with Crippen molar-refractivity contribution < 1.29 is 19.4 Å². The van der Waals surface area contributed by atoms with Crippen molar-refractivity contribution in [2.75, 3.05) is 0 Å². The topological polar surface area (TPSA) is 104 Å². The zero-order valence-electron chi connectivity index (χ0n) is 26.8. The number of aromatic carboxylic acids is 1. The molecule has 7 nitrogen and oxygen atoms in total. The second kappa shape index (κ2) is 16.2. The molecule has 1 heterocycles. The van der Waals surface area contributed by atoms with Gasteiger partial charge in [0.15, 0.2) is 0 Å². The summed E-state index contributed by atoms with van der Waals surface area (Å²) in [6, 6.07) is 19.4. The van der Waals surface area contributed by atoms with Crippen LogP contribution in [0.5, 0.6) is 5.75 Å². The third-order valence-electron chi connectivity index (χ3n) is 8.95. The molecule has 0 aliphatic heterocycles. The van der Waals surface area contributed by atoms with Crippen molar-refractivity contribution in [3.05, 3.63) is 117 Å². The van der Waals surface area contributed by atoms with Crippen LogP contribution < -0.4 is 10.1 Å². The number of benzene rings is 3. The number of halogens is 2. The molecule has 5 rings (SSSR count). The van der Waals surface area contributed by atoms with Crippen LogP contribution in [0.25, 0.3) is 11.3 Å². The number of hydrogen-bond acceptors (Lipinski definition) is 4. The predicted octanol–water partition coefficient (Wildman–Crippen LogP) is 9.40. The lowest BCUT2D eigenvalue weighted by Gasteiger charge is -2.28. The van der Waals surface area contributed by atoms with Gasteiger partial charge < -0.3 is 20.1 Å². The molecule has 1 amide bonds. The summed E-state index contributed by atoms with van der Waals surface area (Å²) in [6.45, 7) is 4.52. The lowest BCUT2D eigenvalue weighted by atomic mass is 9.80. The average molecular weight is 675 g/mol. The number of amides is 1. The Labute approximate surface area is 286 Å². The zero-order valence-corrected chi connectivity index (χ0v) is 28.3. The summed E-state index contributed by atoms with van der Waals surface area (Å²) in [7, 11) is 0. The summed E-state index contributed by atoms with van der Waals surface area (Å²) >= 11 is 12.8. The fourth-order valence-corrected chi connectivity index (χ4v) is 6.59. The normalized spacial score (nSPS) is 17.0. The molecule has 0 unspecified atom stereocenters. The minimum atomic E-state index is -0.958. The highest BCUT2D eigenvalue weighted by Gasteiger charge is 2.29. The molecule has 1 atom stereocenters. The highest BCUT2D eigenvalue weighted by Crippen LogP contribution is 2.34. The zero-order chi connectivity index (χ0) is 33.3. The van der Waals surface area contributed by atoms with E-state index in [0.717, 1.165) is 60.2 Å². The Bertz CT molecular complexity index is 1690. The van der Waals surface area contributed by atoms with Gasteiger partial charge in [-0.15, -0.1) is 0 Å². The lowest BCUT2D eigenvalue weighted by molar-refractivity contribution is -0.127. The minimum Gasteiger partial charge on any atom is -0.489 e. The molecular weight excluding hydrogens is 633 g/mol. The summed E-state index contributed by atoms with van der Waals surface area (Å²) < 4.78 is 5.96.